The van der Waals surface area contributed by atoms with E-state index in [2.05, 4.69) is 33.5 Å². The number of ether oxygens (including phenoxy) is 1. The van der Waals surface area contributed by atoms with Gasteiger partial charge >= 0.3 is 0 Å². The summed E-state index contributed by atoms with van der Waals surface area (Å²) in [7, 11) is 0. The van der Waals surface area contributed by atoms with Gasteiger partial charge in [0.25, 0.3) is 0 Å². The van der Waals surface area contributed by atoms with Gasteiger partial charge in [-0.3, -0.25) is 4.99 Å². The molecule has 128 valence electrons. The van der Waals surface area contributed by atoms with Crippen LogP contribution in [0, 0.1) is 0 Å². The minimum Gasteiger partial charge on any atom is -0.494 e. The minimum atomic E-state index is 0.572. The summed E-state index contributed by atoms with van der Waals surface area (Å²) < 4.78 is 7.36. The zero-order chi connectivity index (χ0) is 17.5. The molecule has 0 amide bonds. The minimum absolute atomic E-state index is 0.572. The fourth-order valence-corrected chi connectivity index (χ4v) is 3.84. The molecule has 0 bridgehead atoms. The van der Waals surface area contributed by atoms with Crippen molar-refractivity contribution in [3.8, 4) is 16.3 Å². The molecule has 0 radical (unpaired) electrons. The Morgan fingerprint density at radius 1 is 1.20 bits per heavy atom. The lowest BCUT2D eigenvalue weighted by Gasteiger charge is -2.03. The van der Waals surface area contributed by atoms with Crippen LogP contribution >= 0.6 is 22.7 Å². The van der Waals surface area contributed by atoms with Gasteiger partial charge in [-0.05, 0) is 48.2 Å². The zero-order valence-corrected chi connectivity index (χ0v) is 15.6. The summed E-state index contributed by atoms with van der Waals surface area (Å²) in [6, 6.07) is 12.0. The number of nitrogens with zero attached hydrogens (tertiary/aromatic N) is 3. The highest BCUT2D eigenvalue weighted by molar-refractivity contribution is 7.14. The second kappa shape index (κ2) is 8.60. The lowest BCUT2D eigenvalue weighted by molar-refractivity contribution is 0.340. The predicted molar refractivity (Wildman–Crippen MR) is 107 cm³/mol. The van der Waals surface area contributed by atoms with Crippen LogP contribution < -0.4 is 9.54 Å². The Kier molecular flexibility index (Phi) is 5.98. The summed E-state index contributed by atoms with van der Waals surface area (Å²) in [5.74, 6) is 0.865. The molecular weight excluding hydrogens is 350 g/mol. The van der Waals surface area contributed by atoms with Crippen LogP contribution in [0.3, 0.4) is 0 Å². The van der Waals surface area contributed by atoms with Crippen LogP contribution in [0.1, 0.15) is 12.5 Å². The number of rotatable bonds is 7. The highest BCUT2D eigenvalue weighted by Crippen LogP contribution is 2.25. The van der Waals surface area contributed by atoms with Crippen molar-refractivity contribution in [2.45, 2.75) is 6.92 Å². The van der Waals surface area contributed by atoms with E-state index in [1.807, 2.05) is 48.1 Å². The Bertz CT molecular complexity index is 903. The van der Waals surface area contributed by atoms with Crippen molar-refractivity contribution in [1.82, 2.24) is 4.68 Å². The first-order chi connectivity index (χ1) is 12.3. The lowest BCUT2D eigenvalue weighted by atomic mass is 10.2. The van der Waals surface area contributed by atoms with E-state index < -0.39 is 0 Å². The maximum Gasteiger partial charge on any atom is 0.206 e. The number of benzene rings is 1. The summed E-state index contributed by atoms with van der Waals surface area (Å²) in [5.41, 5.74) is 2.05. The maximum atomic E-state index is 5.47. The van der Waals surface area contributed by atoms with Crippen LogP contribution in [0.25, 0.3) is 10.6 Å². The Hall–Kier alpha value is -2.44. The maximum absolute atomic E-state index is 5.47. The molecule has 0 saturated carbocycles. The second-order valence-corrected chi connectivity index (χ2v) is 6.85. The molecule has 0 fully saturated rings. The van der Waals surface area contributed by atoms with E-state index in [9.17, 15) is 0 Å². The number of thiophene rings is 1. The van der Waals surface area contributed by atoms with E-state index in [0.29, 0.717) is 13.2 Å². The third-order valence-corrected chi connectivity index (χ3v) is 5.07. The fourth-order valence-electron chi connectivity index (χ4n) is 2.20. The Labute approximate surface area is 155 Å². The number of aromatic nitrogens is 1. The number of hydrogen-bond donors (Lipinski definition) is 0. The molecule has 0 N–H and O–H groups in total. The van der Waals surface area contributed by atoms with E-state index in [1.165, 1.54) is 4.88 Å². The Morgan fingerprint density at radius 3 is 2.72 bits per heavy atom. The van der Waals surface area contributed by atoms with Gasteiger partial charge in [0, 0.05) is 5.38 Å². The normalized spacial score (nSPS) is 12.0. The third-order valence-electron chi connectivity index (χ3n) is 3.33. The molecule has 0 saturated heterocycles. The first-order valence-corrected chi connectivity index (χ1v) is 9.70. The van der Waals surface area contributed by atoms with Crippen molar-refractivity contribution in [2.24, 2.45) is 10.1 Å². The standard InChI is InChI=1S/C19H19N3OS2/c1-3-11-20-19-22(17(14-25-19)18-6-5-12-24-18)21-13-15-7-9-16(10-8-15)23-4-2/h3,5-10,12-14H,1,4,11H2,2H3. The van der Waals surface area contributed by atoms with Gasteiger partial charge in [0.2, 0.25) is 4.80 Å². The van der Waals surface area contributed by atoms with Crippen LogP contribution in [0.2, 0.25) is 0 Å². The summed E-state index contributed by atoms with van der Waals surface area (Å²) >= 11 is 3.27. The molecule has 0 unspecified atom stereocenters. The van der Waals surface area contributed by atoms with Crippen LogP contribution in [-0.2, 0) is 0 Å². The monoisotopic (exact) mass is 369 g/mol. The fraction of sp³-hybridized carbons (Fsp3) is 0.158. The van der Waals surface area contributed by atoms with E-state index in [4.69, 9.17) is 4.74 Å². The van der Waals surface area contributed by atoms with Crippen molar-refractivity contribution in [3.63, 3.8) is 0 Å². The van der Waals surface area contributed by atoms with Gasteiger partial charge in [-0.15, -0.1) is 29.3 Å². The van der Waals surface area contributed by atoms with E-state index >= 15 is 0 Å². The third kappa shape index (κ3) is 4.35. The largest absolute Gasteiger partial charge is 0.494 e. The average Bonchev–Trinajstić information content (AvgIpc) is 3.29. The molecule has 3 rings (SSSR count). The SMILES string of the molecule is C=CCN=c1scc(-c2cccs2)n1N=Cc1ccc(OCC)cc1. The van der Waals surface area contributed by atoms with E-state index in [1.54, 1.807) is 28.7 Å². The molecular formula is C19H19N3OS2. The smallest absolute Gasteiger partial charge is 0.206 e. The molecule has 4 nitrogen and oxygen atoms in total. The summed E-state index contributed by atoms with van der Waals surface area (Å²) in [6.07, 6.45) is 3.62. The summed E-state index contributed by atoms with van der Waals surface area (Å²) in [4.78, 5) is 6.56. The van der Waals surface area contributed by atoms with Crippen molar-refractivity contribution in [1.29, 1.82) is 0 Å². The molecule has 0 spiro atoms. The van der Waals surface area contributed by atoms with Crippen molar-refractivity contribution in [2.75, 3.05) is 13.2 Å². The Balaban J connectivity index is 1.94. The molecule has 6 heteroatoms. The topological polar surface area (TPSA) is 38.9 Å². The number of thiazole rings is 1. The van der Waals surface area contributed by atoms with Crippen molar-refractivity contribution < 1.29 is 4.74 Å². The predicted octanol–water partition coefficient (Wildman–Crippen LogP) is 4.65. The first kappa shape index (κ1) is 17.4. The van der Waals surface area contributed by atoms with Gasteiger partial charge in [0.05, 0.1) is 29.9 Å². The van der Waals surface area contributed by atoms with Crippen LogP contribution in [-0.4, -0.2) is 24.0 Å². The van der Waals surface area contributed by atoms with Gasteiger partial charge in [-0.1, -0.05) is 12.1 Å². The molecule has 0 aliphatic heterocycles. The molecule has 1 aromatic carbocycles. The number of hydrogen-bond acceptors (Lipinski definition) is 5. The lowest BCUT2D eigenvalue weighted by Crippen LogP contribution is -2.12. The molecule has 0 aliphatic rings. The second-order valence-electron chi connectivity index (χ2n) is 5.07. The quantitative estimate of drug-likeness (QED) is 0.441. The molecule has 3 aromatic rings. The van der Waals surface area contributed by atoms with Crippen LogP contribution in [0.15, 0.2) is 69.9 Å². The van der Waals surface area contributed by atoms with Crippen LogP contribution in [0.5, 0.6) is 5.75 Å². The van der Waals surface area contributed by atoms with Crippen molar-refractivity contribution >= 4 is 28.9 Å². The van der Waals surface area contributed by atoms with E-state index in [-0.39, 0.29) is 0 Å². The summed E-state index contributed by atoms with van der Waals surface area (Å²) in [5, 5.41) is 8.81. The molecule has 0 atom stereocenters. The van der Waals surface area contributed by atoms with Crippen molar-refractivity contribution in [3.05, 3.63) is 70.2 Å². The van der Waals surface area contributed by atoms with Crippen LogP contribution in [0.4, 0.5) is 0 Å². The zero-order valence-electron chi connectivity index (χ0n) is 14.0. The molecule has 2 heterocycles. The van der Waals surface area contributed by atoms with Gasteiger partial charge in [-0.2, -0.15) is 5.10 Å². The van der Waals surface area contributed by atoms with Gasteiger partial charge in [-0.25, -0.2) is 4.68 Å². The summed E-state index contributed by atoms with van der Waals surface area (Å²) in [6.45, 7) is 6.94. The first-order valence-electron chi connectivity index (χ1n) is 7.95. The van der Waals surface area contributed by atoms with Gasteiger partial charge < -0.3 is 4.74 Å². The van der Waals surface area contributed by atoms with E-state index in [0.717, 1.165) is 21.8 Å². The molecule has 25 heavy (non-hydrogen) atoms. The highest BCUT2D eigenvalue weighted by Gasteiger charge is 2.07. The van der Waals surface area contributed by atoms with Gasteiger partial charge in [0.15, 0.2) is 0 Å². The molecule has 0 aliphatic carbocycles. The Morgan fingerprint density at radius 2 is 2.04 bits per heavy atom. The molecule has 2 aromatic heterocycles. The van der Waals surface area contributed by atoms with Gasteiger partial charge in [0.1, 0.15) is 5.75 Å². The average molecular weight is 370 g/mol. The highest BCUT2D eigenvalue weighted by atomic mass is 32.1.